The average Bonchev–Trinajstić information content (AvgIpc) is 2.35. The van der Waals surface area contributed by atoms with E-state index in [-0.39, 0.29) is 6.61 Å². The molecule has 0 fully saturated rings. The Morgan fingerprint density at radius 3 is 2.56 bits per heavy atom. The third kappa shape index (κ3) is 4.05. The first kappa shape index (κ1) is 13.4. The monoisotopic (exact) mass is 260 g/mol. The molecule has 1 aromatic carbocycles. The van der Waals surface area contributed by atoms with Crippen molar-refractivity contribution in [3.63, 3.8) is 0 Å². The molecule has 0 spiro atoms. The van der Waals surface area contributed by atoms with E-state index in [9.17, 15) is 5.11 Å². The van der Waals surface area contributed by atoms with Crippen LogP contribution in [-0.2, 0) is 0 Å². The molecule has 0 aliphatic carbocycles. The zero-order valence-electron chi connectivity index (χ0n) is 8.99. The van der Waals surface area contributed by atoms with Crippen LogP contribution < -0.4 is 4.74 Å². The smallest absolute Gasteiger partial charge is 0.125 e. The number of hydrogen-bond donors (Lipinski definition) is 1. The van der Waals surface area contributed by atoms with Crippen LogP contribution in [-0.4, -0.2) is 11.7 Å². The Morgan fingerprint density at radius 2 is 2.06 bits per heavy atom. The first-order valence-corrected chi connectivity index (χ1v) is 5.84. The highest BCUT2D eigenvalue weighted by Crippen LogP contribution is 2.20. The molecular weight excluding hydrogens is 247 g/mol. The summed E-state index contributed by atoms with van der Waals surface area (Å²) in [5, 5.41) is 10.0. The molecule has 1 aromatic rings. The number of benzene rings is 1. The van der Waals surface area contributed by atoms with Crippen LogP contribution in [0.2, 0.25) is 0 Å². The Bertz CT molecular complexity index is 347. The molecule has 0 saturated carbocycles. The van der Waals surface area contributed by atoms with Crippen LogP contribution >= 0.6 is 23.2 Å². The number of halogens is 2. The maximum atomic E-state index is 9.59. The predicted molar refractivity (Wildman–Crippen MR) is 67.0 cm³/mol. The lowest BCUT2D eigenvalue weighted by Gasteiger charge is -2.09. The van der Waals surface area contributed by atoms with Crippen LogP contribution in [0.5, 0.6) is 5.75 Å². The molecule has 88 valence electrons. The van der Waals surface area contributed by atoms with Crippen LogP contribution in [0.4, 0.5) is 0 Å². The summed E-state index contributed by atoms with van der Waals surface area (Å²) >= 11 is 11.1. The van der Waals surface area contributed by atoms with Crippen molar-refractivity contribution in [1.82, 2.24) is 0 Å². The van der Waals surface area contributed by atoms with Gasteiger partial charge in [0.15, 0.2) is 0 Å². The van der Waals surface area contributed by atoms with E-state index in [1.165, 1.54) is 5.54 Å². The van der Waals surface area contributed by atoms with Gasteiger partial charge in [-0.2, -0.15) is 0 Å². The molecule has 0 aromatic heterocycles. The summed E-state index contributed by atoms with van der Waals surface area (Å²) < 4.78 is 5.36. The summed E-state index contributed by atoms with van der Waals surface area (Å²) in [5.74, 6) is 0.698. The molecule has 1 rings (SSSR count). The molecule has 1 unspecified atom stereocenters. The Kier molecular flexibility index (Phi) is 5.67. The highest BCUT2D eigenvalue weighted by molar-refractivity contribution is 6.36. The largest absolute Gasteiger partial charge is 0.488 e. The molecule has 0 saturated heterocycles. The van der Waals surface area contributed by atoms with Gasteiger partial charge in [0.1, 0.15) is 12.4 Å². The van der Waals surface area contributed by atoms with E-state index in [0.717, 1.165) is 5.56 Å². The van der Waals surface area contributed by atoms with Gasteiger partial charge in [0.05, 0.1) is 11.1 Å². The minimum absolute atomic E-state index is 0.251. The molecule has 0 radical (unpaired) electrons. The second kappa shape index (κ2) is 6.79. The van der Waals surface area contributed by atoms with Crippen molar-refractivity contribution in [2.75, 3.05) is 6.61 Å². The van der Waals surface area contributed by atoms with Crippen LogP contribution in [0.1, 0.15) is 25.0 Å². The highest BCUT2D eigenvalue weighted by atomic mass is 35.5. The van der Waals surface area contributed by atoms with Gasteiger partial charge in [-0.05, 0) is 24.1 Å². The molecule has 0 bridgehead atoms. The van der Waals surface area contributed by atoms with Gasteiger partial charge < -0.3 is 9.84 Å². The Labute approximate surface area is 105 Å². The molecule has 0 heterocycles. The summed E-state index contributed by atoms with van der Waals surface area (Å²) in [6, 6.07) is 7.27. The van der Waals surface area contributed by atoms with Crippen molar-refractivity contribution in [1.29, 1.82) is 0 Å². The Hall–Kier alpha value is -0.700. The second-order valence-electron chi connectivity index (χ2n) is 3.34. The number of aliphatic hydroxyl groups excluding tert-OH is 1. The molecule has 1 N–H and O–H groups in total. The van der Waals surface area contributed by atoms with Crippen molar-refractivity contribution in [2.24, 2.45) is 0 Å². The predicted octanol–water partition coefficient (Wildman–Crippen LogP) is 3.83. The maximum Gasteiger partial charge on any atom is 0.125 e. The summed E-state index contributed by atoms with van der Waals surface area (Å²) in [5.41, 5.74) is 2.16. The fourth-order valence-electron chi connectivity index (χ4n) is 1.21. The standard InChI is InChI=1S/C12H14Cl2O2/c1-2-12(15)9-3-5-11(6-4-9)16-8-10(14)7-13/h3-7,12,15H,2,8H2,1H3. The van der Waals surface area contributed by atoms with Gasteiger partial charge >= 0.3 is 0 Å². The summed E-state index contributed by atoms with van der Waals surface area (Å²) in [6.45, 7) is 2.18. The molecule has 0 amide bonds. The minimum atomic E-state index is -0.416. The SMILES string of the molecule is CCC(O)c1ccc(OCC(Cl)=CCl)cc1. The maximum absolute atomic E-state index is 9.59. The fraction of sp³-hybridized carbons (Fsp3) is 0.333. The lowest BCUT2D eigenvalue weighted by molar-refractivity contribution is 0.173. The number of rotatable bonds is 5. The van der Waals surface area contributed by atoms with Crippen LogP contribution in [0.15, 0.2) is 34.8 Å². The first-order chi connectivity index (χ1) is 7.67. The number of aliphatic hydroxyl groups is 1. The molecule has 16 heavy (non-hydrogen) atoms. The summed E-state index contributed by atoms with van der Waals surface area (Å²) in [7, 11) is 0. The lowest BCUT2D eigenvalue weighted by atomic mass is 10.1. The van der Waals surface area contributed by atoms with Gasteiger partial charge in [0.25, 0.3) is 0 Å². The van der Waals surface area contributed by atoms with E-state index >= 15 is 0 Å². The van der Waals surface area contributed by atoms with Gasteiger partial charge in [-0.25, -0.2) is 0 Å². The fourth-order valence-corrected chi connectivity index (χ4v) is 1.32. The Morgan fingerprint density at radius 1 is 1.44 bits per heavy atom. The van der Waals surface area contributed by atoms with E-state index in [2.05, 4.69) is 0 Å². The number of ether oxygens (including phenoxy) is 1. The quantitative estimate of drug-likeness (QED) is 0.872. The van der Waals surface area contributed by atoms with E-state index in [1.807, 2.05) is 19.1 Å². The van der Waals surface area contributed by atoms with Crippen molar-refractivity contribution in [2.45, 2.75) is 19.4 Å². The van der Waals surface area contributed by atoms with E-state index in [0.29, 0.717) is 17.2 Å². The topological polar surface area (TPSA) is 29.5 Å². The zero-order chi connectivity index (χ0) is 12.0. The molecule has 4 heteroatoms. The van der Waals surface area contributed by atoms with Crippen LogP contribution in [0, 0.1) is 0 Å². The summed E-state index contributed by atoms with van der Waals surface area (Å²) in [6.07, 6.45) is 0.279. The first-order valence-electron chi connectivity index (χ1n) is 5.03. The number of hydrogen-bond acceptors (Lipinski definition) is 2. The third-order valence-corrected chi connectivity index (χ3v) is 2.74. The van der Waals surface area contributed by atoms with Gasteiger partial charge in [0, 0.05) is 5.54 Å². The van der Waals surface area contributed by atoms with Gasteiger partial charge in [-0.15, -0.1) is 0 Å². The Balaban J connectivity index is 2.58. The van der Waals surface area contributed by atoms with Crippen LogP contribution in [0.25, 0.3) is 0 Å². The van der Waals surface area contributed by atoms with E-state index < -0.39 is 6.10 Å². The van der Waals surface area contributed by atoms with Gasteiger partial charge in [-0.1, -0.05) is 42.3 Å². The van der Waals surface area contributed by atoms with Crippen molar-refractivity contribution < 1.29 is 9.84 Å². The zero-order valence-corrected chi connectivity index (χ0v) is 10.5. The molecule has 2 nitrogen and oxygen atoms in total. The summed E-state index contributed by atoms with van der Waals surface area (Å²) in [4.78, 5) is 0. The average molecular weight is 261 g/mol. The van der Waals surface area contributed by atoms with Crippen molar-refractivity contribution >= 4 is 23.2 Å². The molecule has 0 aliphatic heterocycles. The molecule has 0 aliphatic rings. The third-order valence-electron chi connectivity index (χ3n) is 2.15. The molecule has 1 atom stereocenters. The van der Waals surface area contributed by atoms with Crippen molar-refractivity contribution in [3.8, 4) is 5.75 Å². The molecular formula is C12H14Cl2O2. The second-order valence-corrected chi connectivity index (χ2v) is 4.04. The van der Waals surface area contributed by atoms with E-state index in [1.54, 1.807) is 12.1 Å². The minimum Gasteiger partial charge on any atom is -0.488 e. The highest BCUT2D eigenvalue weighted by Gasteiger charge is 2.04. The van der Waals surface area contributed by atoms with Crippen molar-refractivity contribution in [3.05, 3.63) is 40.4 Å². The van der Waals surface area contributed by atoms with E-state index in [4.69, 9.17) is 27.9 Å². The van der Waals surface area contributed by atoms with Gasteiger partial charge in [-0.3, -0.25) is 0 Å². The lowest BCUT2D eigenvalue weighted by Crippen LogP contribution is -1.98. The van der Waals surface area contributed by atoms with Gasteiger partial charge in [0.2, 0.25) is 0 Å². The van der Waals surface area contributed by atoms with Crippen LogP contribution in [0.3, 0.4) is 0 Å². The normalized spacial score (nSPS) is 13.6.